The first-order chi connectivity index (χ1) is 11.7. The van der Waals surface area contributed by atoms with Gasteiger partial charge in [-0.05, 0) is 18.1 Å². The number of fused-ring (bicyclic) bond motifs is 1. The first-order valence-electron chi connectivity index (χ1n) is 8.20. The van der Waals surface area contributed by atoms with E-state index in [0.29, 0.717) is 5.92 Å². The third kappa shape index (κ3) is 2.64. The largest absolute Gasteiger partial charge is 0.365 e. The first kappa shape index (κ1) is 14.8. The quantitative estimate of drug-likeness (QED) is 0.720. The highest BCUT2D eigenvalue weighted by atomic mass is 15.4. The minimum Gasteiger partial charge on any atom is -0.365 e. The summed E-state index contributed by atoms with van der Waals surface area (Å²) in [5.41, 5.74) is 2.95. The van der Waals surface area contributed by atoms with E-state index in [0.717, 1.165) is 49.2 Å². The molecule has 0 radical (unpaired) electrons. The van der Waals surface area contributed by atoms with Crippen molar-refractivity contribution >= 4 is 17.3 Å². The molecule has 0 N–H and O–H groups in total. The maximum Gasteiger partial charge on any atom is 0.225 e. The lowest BCUT2D eigenvalue weighted by Crippen LogP contribution is -2.47. The lowest BCUT2D eigenvalue weighted by Gasteiger charge is -2.36. The van der Waals surface area contributed by atoms with Crippen molar-refractivity contribution in [3.8, 4) is 0 Å². The molecular weight excluding hydrogens is 304 g/mol. The number of aromatic nitrogens is 6. The molecule has 0 amide bonds. The maximum atomic E-state index is 4.59. The van der Waals surface area contributed by atoms with Crippen LogP contribution in [-0.4, -0.2) is 56.0 Å². The van der Waals surface area contributed by atoms with Gasteiger partial charge in [0, 0.05) is 38.6 Å². The zero-order valence-corrected chi connectivity index (χ0v) is 13.9. The van der Waals surface area contributed by atoms with Gasteiger partial charge in [0.05, 0.1) is 11.4 Å². The molecule has 0 bridgehead atoms. The van der Waals surface area contributed by atoms with Crippen LogP contribution in [0.4, 0.5) is 11.6 Å². The molecule has 1 fully saturated rings. The van der Waals surface area contributed by atoms with Crippen molar-refractivity contribution in [2.45, 2.75) is 19.8 Å². The predicted molar refractivity (Wildman–Crippen MR) is 91.3 cm³/mol. The molecule has 24 heavy (non-hydrogen) atoms. The molecule has 0 aromatic carbocycles. The Bertz CT molecular complexity index is 820. The minimum absolute atomic E-state index is 0.356. The van der Waals surface area contributed by atoms with Gasteiger partial charge in [-0.15, -0.1) is 10.2 Å². The molecule has 124 valence electrons. The van der Waals surface area contributed by atoms with E-state index in [1.54, 1.807) is 23.2 Å². The van der Waals surface area contributed by atoms with E-state index in [9.17, 15) is 0 Å². The Morgan fingerprint density at radius 3 is 2.42 bits per heavy atom. The van der Waals surface area contributed by atoms with Crippen LogP contribution in [0, 0.1) is 0 Å². The third-order valence-electron chi connectivity index (χ3n) is 4.31. The molecule has 1 saturated heterocycles. The lowest BCUT2D eigenvalue weighted by molar-refractivity contribution is 0.637. The average molecular weight is 324 g/mol. The second-order valence-corrected chi connectivity index (χ2v) is 6.23. The van der Waals surface area contributed by atoms with Crippen LogP contribution in [0.2, 0.25) is 0 Å². The Morgan fingerprint density at radius 1 is 1.00 bits per heavy atom. The van der Waals surface area contributed by atoms with Gasteiger partial charge in [0.1, 0.15) is 6.33 Å². The van der Waals surface area contributed by atoms with Crippen LogP contribution in [0.5, 0.6) is 0 Å². The van der Waals surface area contributed by atoms with Crippen molar-refractivity contribution in [2.24, 2.45) is 0 Å². The monoisotopic (exact) mass is 324 g/mol. The molecule has 8 heteroatoms. The first-order valence-corrected chi connectivity index (χ1v) is 8.20. The molecule has 1 aliphatic rings. The summed E-state index contributed by atoms with van der Waals surface area (Å²) in [7, 11) is 0. The van der Waals surface area contributed by atoms with E-state index in [1.807, 2.05) is 6.07 Å². The van der Waals surface area contributed by atoms with Crippen molar-refractivity contribution in [2.75, 3.05) is 36.0 Å². The zero-order valence-electron chi connectivity index (χ0n) is 13.9. The van der Waals surface area contributed by atoms with E-state index in [1.165, 1.54) is 0 Å². The van der Waals surface area contributed by atoms with Crippen LogP contribution < -0.4 is 9.80 Å². The Labute approximate surface area is 140 Å². The summed E-state index contributed by atoms with van der Waals surface area (Å²) in [6.07, 6.45) is 5.23. The van der Waals surface area contributed by atoms with Crippen LogP contribution in [0.3, 0.4) is 0 Å². The van der Waals surface area contributed by atoms with E-state index in [-0.39, 0.29) is 0 Å². The number of piperazine rings is 1. The highest BCUT2D eigenvalue weighted by Gasteiger charge is 2.22. The van der Waals surface area contributed by atoms with Crippen LogP contribution in [-0.2, 0) is 0 Å². The summed E-state index contributed by atoms with van der Waals surface area (Å²) in [5.74, 6) is 1.15. The molecule has 3 aromatic rings. The molecule has 0 saturated carbocycles. The van der Waals surface area contributed by atoms with Crippen LogP contribution in [0.1, 0.15) is 25.5 Å². The predicted octanol–water partition coefficient (Wildman–Crippen LogP) is 1.36. The van der Waals surface area contributed by atoms with Gasteiger partial charge in [0.15, 0.2) is 0 Å². The highest BCUT2D eigenvalue weighted by Crippen LogP contribution is 2.25. The summed E-state index contributed by atoms with van der Waals surface area (Å²) in [4.78, 5) is 13.2. The number of rotatable bonds is 3. The van der Waals surface area contributed by atoms with Crippen molar-refractivity contribution in [1.29, 1.82) is 0 Å². The van der Waals surface area contributed by atoms with Gasteiger partial charge in [0.2, 0.25) is 11.6 Å². The van der Waals surface area contributed by atoms with Crippen molar-refractivity contribution in [3.63, 3.8) is 0 Å². The normalized spacial score (nSPS) is 15.5. The van der Waals surface area contributed by atoms with E-state index in [2.05, 4.69) is 55.0 Å². The van der Waals surface area contributed by atoms with Gasteiger partial charge in [0.25, 0.3) is 0 Å². The zero-order chi connectivity index (χ0) is 16.5. The number of nitrogens with zero attached hydrogens (tertiary/aromatic N) is 8. The molecule has 0 spiro atoms. The number of hydrogen-bond acceptors (Lipinski definition) is 7. The van der Waals surface area contributed by atoms with E-state index < -0.39 is 0 Å². The Kier molecular flexibility index (Phi) is 3.72. The fourth-order valence-corrected chi connectivity index (χ4v) is 2.95. The Morgan fingerprint density at radius 2 is 1.71 bits per heavy atom. The number of hydrogen-bond donors (Lipinski definition) is 0. The SMILES string of the molecule is CC(C)c1cc(N2CCN(c3ncccn3)CC2)c2nncn2n1. The van der Waals surface area contributed by atoms with Crippen LogP contribution >= 0.6 is 0 Å². The van der Waals surface area contributed by atoms with Crippen LogP contribution in [0.15, 0.2) is 30.9 Å². The standard InChI is InChI=1S/C16H20N8/c1-12(2)13-10-14(15-20-19-11-24(15)21-13)22-6-8-23(9-7-22)16-17-4-3-5-18-16/h3-5,10-12H,6-9H2,1-2H3. The summed E-state index contributed by atoms with van der Waals surface area (Å²) < 4.78 is 1.78. The van der Waals surface area contributed by atoms with Gasteiger partial charge in [-0.25, -0.2) is 9.97 Å². The highest BCUT2D eigenvalue weighted by molar-refractivity contribution is 5.69. The summed E-state index contributed by atoms with van der Waals surface area (Å²) in [5, 5.41) is 12.8. The Hall–Kier alpha value is -2.77. The molecular formula is C16H20N8. The van der Waals surface area contributed by atoms with Gasteiger partial charge < -0.3 is 9.80 Å². The van der Waals surface area contributed by atoms with E-state index in [4.69, 9.17) is 0 Å². The summed E-state index contributed by atoms with van der Waals surface area (Å²) in [6.45, 7) is 7.83. The molecule has 3 aromatic heterocycles. The molecule has 4 heterocycles. The maximum absolute atomic E-state index is 4.59. The molecule has 4 rings (SSSR count). The fraction of sp³-hybridized carbons (Fsp3) is 0.438. The molecule has 8 nitrogen and oxygen atoms in total. The van der Waals surface area contributed by atoms with Gasteiger partial charge in [-0.2, -0.15) is 9.61 Å². The molecule has 0 unspecified atom stereocenters. The summed E-state index contributed by atoms with van der Waals surface area (Å²) >= 11 is 0. The fourth-order valence-electron chi connectivity index (χ4n) is 2.95. The van der Waals surface area contributed by atoms with Crippen molar-refractivity contribution in [3.05, 3.63) is 36.5 Å². The van der Waals surface area contributed by atoms with Crippen molar-refractivity contribution in [1.82, 2.24) is 29.8 Å². The second-order valence-electron chi connectivity index (χ2n) is 6.23. The van der Waals surface area contributed by atoms with Crippen molar-refractivity contribution < 1.29 is 0 Å². The average Bonchev–Trinajstić information content (AvgIpc) is 3.10. The minimum atomic E-state index is 0.356. The topological polar surface area (TPSA) is 75.3 Å². The van der Waals surface area contributed by atoms with Gasteiger partial charge in [-0.3, -0.25) is 0 Å². The second kappa shape index (κ2) is 6.03. The van der Waals surface area contributed by atoms with Gasteiger partial charge >= 0.3 is 0 Å². The molecule has 0 atom stereocenters. The smallest absolute Gasteiger partial charge is 0.225 e. The lowest BCUT2D eigenvalue weighted by atomic mass is 10.1. The van der Waals surface area contributed by atoms with Crippen LogP contribution in [0.25, 0.3) is 5.65 Å². The number of anilines is 2. The Balaban J connectivity index is 1.59. The van der Waals surface area contributed by atoms with Gasteiger partial charge in [-0.1, -0.05) is 13.8 Å². The summed E-state index contributed by atoms with van der Waals surface area (Å²) in [6, 6.07) is 3.98. The molecule has 0 aliphatic carbocycles. The third-order valence-corrected chi connectivity index (χ3v) is 4.31. The molecule has 1 aliphatic heterocycles. The van der Waals surface area contributed by atoms with E-state index >= 15 is 0 Å².